The summed E-state index contributed by atoms with van der Waals surface area (Å²) in [6.07, 6.45) is 1.89. The molecule has 0 atom stereocenters. The van der Waals surface area contributed by atoms with E-state index in [4.69, 9.17) is 4.74 Å². The van der Waals surface area contributed by atoms with Crippen LogP contribution in [0.4, 0.5) is 0 Å². The fourth-order valence-electron chi connectivity index (χ4n) is 2.09. The predicted octanol–water partition coefficient (Wildman–Crippen LogP) is 3.42. The van der Waals surface area contributed by atoms with Gasteiger partial charge in [-0.25, -0.2) is 0 Å². The quantitative estimate of drug-likeness (QED) is 0.711. The van der Waals surface area contributed by atoms with E-state index < -0.39 is 0 Å². The number of hydrogen-bond acceptors (Lipinski definition) is 2. The molecule has 3 aromatic rings. The second kappa shape index (κ2) is 5.14. The number of hydrogen-bond donors (Lipinski definition) is 0. The van der Waals surface area contributed by atoms with Gasteiger partial charge < -0.3 is 4.74 Å². The summed E-state index contributed by atoms with van der Waals surface area (Å²) < 4.78 is 7.70. The van der Waals surface area contributed by atoms with Gasteiger partial charge in [-0.3, -0.25) is 4.68 Å². The summed E-state index contributed by atoms with van der Waals surface area (Å²) in [5.41, 5.74) is 2.39. The van der Waals surface area contributed by atoms with Gasteiger partial charge in [0.25, 0.3) is 0 Å². The Bertz CT molecular complexity index is 671. The Morgan fingerprint density at radius 2 is 1.84 bits per heavy atom. The molecular weight excluding hydrogens is 236 g/mol. The van der Waals surface area contributed by atoms with Crippen LogP contribution in [0.5, 0.6) is 5.75 Å². The predicted molar refractivity (Wildman–Crippen MR) is 76.4 cm³/mol. The molecule has 19 heavy (non-hydrogen) atoms. The molecule has 0 aliphatic rings. The van der Waals surface area contributed by atoms with Crippen LogP contribution >= 0.6 is 0 Å². The Morgan fingerprint density at radius 3 is 2.68 bits per heavy atom. The monoisotopic (exact) mass is 252 g/mol. The molecule has 0 spiro atoms. The summed E-state index contributed by atoms with van der Waals surface area (Å²) in [6.45, 7) is 3.44. The molecule has 0 N–H and O–H groups in total. The lowest BCUT2D eigenvalue weighted by atomic mass is 10.2. The number of para-hydroxylation sites is 1. The van der Waals surface area contributed by atoms with Crippen LogP contribution in [-0.2, 0) is 6.54 Å². The number of aryl methyl sites for hydroxylation is 1. The highest BCUT2D eigenvalue weighted by molar-refractivity contribution is 5.78. The van der Waals surface area contributed by atoms with E-state index in [0.717, 1.165) is 23.2 Å². The van der Waals surface area contributed by atoms with Crippen LogP contribution in [0.25, 0.3) is 10.9 Å². The van der Waals surface area contributed by atoms with Crippen molar-refractivity contribution < 1.29 is 4.74 Å². The van der Waals surface area contributed by atoms with E-state index in [1.807, 2.05) is 35.1 Å². The molecule has 2 aromatic carbocycles. The summed E-state index contributed by atoms with van der Waals surface area (Å²) in [5, 5.41) is 5.54. The van der Waals surface area contributed by atoms with Crippen molar-refractivity contribution in [3.05, 3.63) is 60.3 Å². The molecule has 0 saturated carbocycles. The van der Waals surface area contributed by atoms with Crippen molar-refractivity contribution in [1.82, 2.24) is 9.78 Å². The topological polar surface area (TPSA) is 27.1 Å². The molecule has 1 heterocycles. The Kier molecular flexibility index (Phi) is 3.19. The van der Waals surface area contributed by atoms with Crippen molar-refractivity contribution >= 4 is 10.9 Å². The average Bonchev–Trinajstić information content (AvgIpc) is 2.85. The number of benzene rings is 2. The van der Waals surface area contributed by atoms with E-state index in [0.29, 0.717) is 6.61 Å². The minimum atomic E-state index is 0.620. The standard InChI is InChI=1S/C16H16N2O/c1-13-6-8-15(9-7-13)19-11-10-18-16-5-3-2-4-14(16)12-17-18/h2-9,12H,10-11H2,1H3. The molecule has 0 amide bonds. The minimum absolute atomic E-state index is 0.620. The summed E-state index contributed by atoms with van der Waals surface area (Å²) in [5.74, 6) is 0.905. The molecule has 1 aromatic heterocycles. The first-order chi connectivity index (χ1) is 9.33. The number of nitrogens with zero attached hydrogens (tertiary/aromatic N) is 2. The van der Waals surface area contributed by atoms with Crippen molar-refractivity contribution in [1.29, 1.82) is 0 Å². The maximum atomic E-state index is 5.72. The smallest absolute Gasteiger partial charge is 0.119 e. The zero-order valence-electron chi connectivity index (χ0n) is 10.9. The molecule has 0 saturated heterocycles. The zero-order chi connectivity index (χ0) is 13.1. The Hall–Kier alpha value is -2.29. The van der Waals surface area contributed by atoms with Crippen molar-refractivity contribution in [3.8, 4) is 5.75 Å². The normalized spacial score (nSPS) is 10.8. The second-order valence-electron chi connectivity index (χ2n) is 4.59. The first kappa shape index (κ1) is 11.8. The third-order valence-electron chi connectivity index (χ3n) is 3.14. The van der Waals surface area contributed by atoms with E-state index >= 15 is 0 Å². The maximum absolute atomic E-state index is 5.72. The Labute approximate surface area is 112 Å². The molecule has 0 aliphatic carbocycles. The van der Waals surface area contributed by atoms with Crippen LogP contribution in [0.15, 0.2) is 54.7 Å². The highest BCUT2D eigenvalue weighted by atomic mass is 16.5. The average molecular weight is 252 g/mol. The first-order valence-electron chi connectivity index (χ1n) is 6.43. The van der Waals surface area contributed by atoms with Gasteiger partial charge in [-0.1, -0.05) is 35.9 Å². The van der Waals surface area contributed by atoms with E-state index in [-0.39, 0.29) is 0 Å². The lowest BCUT2D eigenvalue weighted by molar-refractivity contribution is 0.293. The maximum Gasteiger partial charge on any atom is 0.119 e. The Morgan fingerprint density at radius 1 is 1.05 bits per heavy atom. The number of rotatable bonds is 4. The molecule has 3 nitrogen and oxygen atoms in total. The van der Waals surface area contributed by atoms with Gasteiger partial charge in [-0.2, -0.15) is 5.10 Å². The molecular formula is C16H16N2O. The van der Waals surface area contributed by atoms with Gasteiger partial charge in [0.1, 0.15) is 12.4 Å². The lowest BCUT2D eigenvalue weighted by Crippen LogP contribution is -2.09. The van der Waals surface area contributed by atoms with Gasteiger partial charge in [-0.05, 0) is 25.1 Å². The summed E-state index contributed by atoms with van der Waals surface area (Å²) >= 11 is 0. The second-order valence-corrected chi connectivity index (χ2v) is 4.59. The van der Waals surface area contributed by atoms with Crippen LogP contribution in [0.2, 0.25) is 0 Å². The van der Waals surface area contributed by atoms with Crippen LogP contribution in [-0.4, -0.2) is 16.4 Å². The molecule has 3 heteroatoms. The van der Waals surface area contributed by atoms with Crippen molar-refractivity contribution in [2.24, 2.45) is 0 Å². The van der Waals surface area contributed by atoms with E-state index in [1.165, 1.54) is 5.56 Å². The number of aromatic nitrogens is 2. The molecule has 96 valence electrons. The van der Waals surface area contributed by atoms with Crippen LogP contribution in [0, 0.1) is 6.92 Å². The van der Waals surface area contributed by atoms with Gasteiger partial charge in [0.05, 0.1) is 18.3 Å². The third kappa shape index (κ3) is 2.60. The molecule has 0 fully saturated rings. The fourth-order valence-corrected chi connectivity index (χ4v) is 2.09. The van der Waals surface area contributed by atoms with Crippen molar-refractivity contribution in [2.45, 2.75) is 13.5 Å². The van der Waals surface area contributed by atoms with Crippen LogP contribution < -0.4 is 4.74 Å². The van der Waals surface area contributed by atoms with E-state index in [2.05, 4.69) is 36.3 Å². The Balaban J connectivity index is 1.65. The molecule has 3 rings (SSSR count). The molecule has 0 radical (unpaired) electrons. The van der Waals surface area contributed by atoms with E-state index in [9.17, 15) is 0 Å². The molecule has 0 bridgehead atoms. The first-order valence-corrected chi connectivity index (χ1v) is 6.43. The third-order valence-corrected chi connectivity index (χ3v) is 3.14. The summed E-state index contributed by atoms with van der Waals surface area (Å²) in [4.78, 5) is 0. The van der Waals surface area contributed by atoms with Crippen LogP contribution in [0.1, 0.15) is 5.56 Å². The molecule has 0 unspecified atom stereocenters. The number of ether oxygens (including phenoxy) is 1. The van der Waals surface area contributed by atoms with Gasteiger partial charge in [0.2, 0.25) is 0 Å². The van der Waals surface area contributed by atoms with Crippen molar-refractivity contribution in [3.63, 3.8) is 0 Å². The summed E-state index contributed by atoms with van der Waals surface area (Å²) in [7, 11) is 0. The van der Waals surface area contributed by atoms with Gasteiger partial charge in [0.15, 0.2) is 0 Å². The van der Waals surface area contributed by atoms with E-state index in [1.54, 1.807) is 0 Å². The lowest BCUT2D eigenvalue weighted by Gasteiger charge is -2.07. The minimum Gasteiger partial charge on any atom is -0.492 e. The highest BCUT2D eigenvalue weighted by Crippen LogP contribution is 2.14. The summed E-state index contributed by atoms with van der Waals surface area (Å²) in [6, 6.07) is 16.3. The molecule has 0 aliphatic heterocycles. The van der Waals surface area contributed by atoms with Crippen LogP contribution in [0.3, 0.4) is 0 Å². The van der Waals surface area contributed by atoms with Gasteiger partial charge in [-0.15, -0.1) is 0 Å². The SMILES string of the molecule is Cc1ccc(OCCn2ncc3ccccc32)cc1. The fraction of sp³-hybridized carbons (Fsp3) is 0.188. The highest BCUT2D eigenvalue weighted by Gasteiger charge is 2.01. The number of fused-ring (bicyclic) bond motifs is 1. The van der Waals surface area contributed by atoms with Crippen molar-refractivity contribution in [2.75, 3.05) is 6.61 Å². The van der Waals surface area contributed by atoms with Gasteiger partial charge in [0, 0.05) is 5.39 Å². The van der Waals surface area contributed by atoms with Gasteiger partial charge >= 0.3 is 0 Å². The largest absolute Gasteiger partial charge is 0.492 e. The zero-order valence-corrected chi connectivity index (χ0v) is 10.9.